The van der Waals surface area contributed by atoms with E-state index in [9.17, 15) is 4.79 Å². The second kappa shape index (κ2) is 4.53. The summed E-state index contributed by atoms with van der Waals surface area (Å²) < 4.78 is 5.38. The quantitative estimate of drug-likeness (QED) is 0.824. The van der Waals surface area contributed by atoms with Crippen molar-refractivity contribution in [3.63, 3.8) is 0 Å². The minimum atomic E-state index is 0.0138. The Morgan fingerprint density at radius 2 is 2.31 bits per heavy atom. The van der Waals surface area contributed by atoms with Crippen LogP contribution in [-0.4, -0.2) is 25.6 Å². The molecule has 0 aliphatic carbocycles. The lowest BCUT2D eigenvalue weighted by molar-refractivity contribution is -0.121. The second-order valence-corrected chi connectivity index (χ2v) is 3.77. The molecule has 0 fully saturated rings. The predicted molar refractivity (Wildman–Crippen MR) is 62.7 cm³/mol. The van der Waals surface area contributed by atoms with Gasteiger partial charge in [-0.3, -0.25) is 4.79 Å². The third-order valence-electron chi connectivity index (χ3n) is 2.72. The van der Waals surface area contributed by atoms with Gasteiger partial charge in [-0.25, -0.2) is 0 Å². The summed E-state index contributed by atoms with van der Waals surface area (Å²) in [5.41, 5.74) is 7.52. The fraction of sp³-hybridized carbons (Fsp3) is 0.417. The van der Waals surface area contributed by atoms with Gasteiger partial charge >= 0.3 is 0 Å². The van der Waals surface area contributed by atoms with E-state index in [4.69, 9.17) is 10.5 Å². The van der Waals surface area contributed by atoms with E-state index >= 15 is 0 Å². The second-order valence-electron chi connectivity index (χ2n) is 3.77. The van der Waals surface area contributed by atoms with Crippen LogP contribution in [0.2, 0.25) is 0 Å². The summed E-state index contributed by atoms with van der Waals surface area (Å²) in [5, 5.41) is 0. The Hall–Kier alpha value is -1.55. The molecule has 1 amide bonds. The van der Waals surface area contributed by atoms with E-state index in [0.29, 0.717) is 13.1 Å². The van der Waals surface area contributed by atoms with Crippen molar-refractivity contribution in [2.24, 2.45) is 5.73 Å². The average molecular weight is 220 g/mol. The molecule has 4 heteroatoms. The van der Waals surface area contributed by atoms with Crippen molar-refractivity contribution in [2.45, 2.75) is 13.3 Å². The summed E-state index contributed by atoms with van der Waals surface area (Å²) in [6.07, 6.45) is 0.818. The Morgan fingerprint density at radius 3 is 3.00 bits per heavy atom. The van der Waals surface area contributed by atoms with Crippen LogP contribution in [0.15, 0.2) is 18.2 Å². The van der Waals surface area contributed by atoms with Gasteiger partial charge in [0.1, 0.15) is 5.75 Å². The van der Waals surface area contributed by atoms with Crippen molar-refractivity contribution < 1.29 is 9.53 Å². The number of ether oxygens (including phenoxy) is 1. The molecule has 2 N–H and O–H groups in total. The third kappa shape index (κ3) is 1.88. The number of carbonyl (C=O) groups is 1. The fourth-order valence-corrected chi connectivity index (χ4v) is 1.92. The van der Waals surface area contributed by atoms with Crippen LogP contribution in [0.4, 0.5) is 5.69 Å². The molecule has 0 spiro atoms. The molecule has 4 nitrogen and oxygen atoms in total. The standard InChI is InChI=1S/C12H16N2O2/c1-2-14-10-7-9(5-6-13)3-4-11(10)16-8-12(14)15/h3-4,7H,2,5-6,8,13H2,1H3. The molecule has 1 aromatic carbocycles. The number of nitrogens with zero attached hydrogens (tertiary/aromatic N) is 1. The molecule has 0 bridgehead atoms. The van der Waals surface area contributed by atoms with Gasteiger partial charge in [0, 0.05) is 6.54 Å². The molecule has 0 atom stereocenters. The van der Waals surface area contributed by atoms with Gasteiger partial charge in [-0.05, 0) is 37.6 Å². The Labute approximate surface area is 95.0 Å². The van der Waals surface area contributed by atoms with E-state index in [1.165, 1.54) is 0 Å². The van der Waals surface area contributed by atoms with Gasteiger partial charge in [0.15, 0.2) is 6.61 Å². The normalized spacial score (nSPS) is 14.6. The van der Waals surface area contributed by atoms with Crippen LogP contribution in [0.25, 0.3) is 0 Å². The Morgan fingerprint density at radius 1 is 1.50 bits per heavy atom. The minimum absolute atomic E-state index is 0.0138. The molecule has 0 saturated heterocycles. The smallest absolute Gasteiger partial charge is 0.265 e. The van der Waals surface area contributed by atoms with E-state index in [1.807, 2.05) is 25.1 Å². The first-order valence-corrected chi connectivity index (χ1v) is 5.52. The molecule has 1 heterocycles. The van der Waals surface area contributed by atoms with E-state index in [1.54, 1.807) is 4.90 Å². The molecule has 0 unspecified atom stereocenters. The lowest BCUT2D eigenvalue weighted by Crippen LogP contribution is -2.38. The minimum Gasteiger partial charge on any atom is -0.482 e. The molecule has 0 aromatic heterocycles. The monoisotopic (exact) mass is 220 g/mol. The van der Waals surface area contributed by atoms with Crippen molar-refractivity contribution in [1.82, 2.24) is 0 Å². The van der Waals surface area contributed by atoms with Crippen LogP contribution in [0.3, 0.4) is 0 Å². The van der Waals surface area contributed by atoms with Crippen molar-refractivity contribution in [1.29, 1.82) is 0 Å². The maximum Gasteiger partial charge on any atom is 0.265 e. The first-order chi connectivity index (χ1) is 7.76. The number of amides is 1. The van der Waals surface area contributed by atoms with Gasteiger partial charge in [-0.1, -0.05) is 6.07 Å². The zero-order valence-corrected chi connectivity index (χ0v) is 9.40. The molecule has 1 aliphatic heterocycles. The summed E-state index contributed by atoms with van der Waals surface area (Å²) in [6, 6.07) is 5.90. The number of rotatable bonds is 3. The molecule has 0 radical (unpaired) electrons. The van der Waals surface area contributed by atoms with Gasteiger partial charge in [-0.2, -0.15) is 0 Å². The molecule has 86 valence electrons. The number of nitrogens with two attached hydrogens (primary N) is 1. The molecule has 1 aliphatic rings. The number of carbonyl (C=O) groups excluding carboxylic acids is 1. The Kier molecular flexibility index (Phi) is 3.10. The summed E-state index contributed by atoms with van der Waals surface area (Å²) in [7, 11) is 0. The number of likely N-dealkylation sites (N-methyl/N-ethyl adjacent to an activating group) is 1. The first-order valence-electron chi connectivity index (χ1n) is 5.52. The van der Waals surface area contributed by atoms with Crippen molar-refractivity contribution >= 4 is 11.6 Å². The van der Waals surface area contributed by atoms with Gasteiger partial charge in [-0.15, -0.1) is 0 Å². The van der Waals surface area contributed by atoms with Crippen LogP contribution in [0.5, 0.6) is 5.75 Å². The van der Waals surface area contributed by atoms with Crippen LogP contribution >= 0.6 is 0 Å². The predicted octanol–water partition coefficient (Wildman–Crippen LogP) is 0.933. The highest BCUT2D eigenvalue weighted by atomic mass is 16.5. The number of benzene rings is 1. The van der Waals surface area contributed by atoms with Gasteiger partial charge in [0.05, 0.1) is 5.69 Å². The van der Waals surface area contributed by atoms with E-state index < -0.39 is 0 Å². The maximum absolute atomic E-state index is 11.6. The number of hydrogen-bond acceptors (Lipinski definition) is 3. The summed E-state index contributed by atoms with van der Waals surface area (Å²) in [6.45, 7) is 3.38. The molecule has 16 heavy (non-hydrogen) atoms. The SMILES string of the molecule is CCN1C(=O)COc2ccc(CCN)cc21. The highest BCUT2D eigenvalue weighted by Gasteiger charge is 2.23. The fourth-order valence-electron chi connectivity index (χ4n) is 1.92. The summed E-state index contributed by atoms with van der Waals surface area (Å²) in [4.78, 5) is 13.4. The van der Waals surface area contributed by atoms with Crippen LogP contribution in [-0.2, 0) is 11.2 Å². The highest BCUT2D eigenvalue weighted by Crippen LogP contribution is 2.32. The van der Waals surface area contributed by atoms with Crippen LogP contribution in [0.1, 0.15) is 12.5 Å². The first kappa shape index (κ1) is 11.0. The molecule has 2 rings (SSSR count). The number of anilines is 1. The topological polar surface area (TPSA) is 55.6 Å². The van der Waals surface area contributed by atoms with E-state index in [2.05, 4.69) is 0 Å². The lowest BCUT2D eigenvalue weighted by atomic mass is 10.1. The van der Waals surface area contributed by atoms with Gasteiger partial charge in [0.2, 0.25) is 0 Å². The van der Waals surface area contributed by atoms with Gasteiger partial charge < -0.3 is 15.4 Å². The maximum atomic E-state index is 11.6. The van der Waals surface area contributed by atoms with Crippen molar-refractivity contribution in [3.05, 3.63) is 23.8 Å². The van der Waals surface area contributed by atoms with E-state index in [0.717, 1.165) is 23.4 Å². The molecular formula is C12H16N2O2. The average Bonchev–Trinajstić information content (AvgIpc) is 2.29. The zero-order chi connectivity index (χ0) is 11.5. The van der Waals surface area contributed by atoms with Crippen molar-refractivity contribution in [2.75, 3.05) is 24.6 Å². The summed E-state index contributed by atoms with van der Waals surface area (Å²) in [5.74, 6) is 0.794. The van der Waals surface area contributed by atoms with E-state index in [-0.39, 0.29) is 12.5 Å². The largest absolute Gasteiger partial charge is 0.482 e. The Balaban J connectivity index is 2.37. The lowest BCUT2D eigenvalue weighted by Gasteiger charge is -2.28. The van der Waals surface area contributed by atoms with Gasteiger partial charge in [0.25, 0.3) is 5.91 Å². The number of hydrogen-bond donors (Lipinski definition) is 1. The molecule has 0 saturated carbocycles. The highest BCUT2D eigenvalue weighted by molar-refractivity contribution is 5.97. The number of fused-ring (bicyclic) bond motifs is 1. The van der Waals surface area contributed by atoms with Crippen LogP contribution < -0.4 is 15.4 Å². The third-order valence-corrected chi connectivity index (χ3v) is 2.72. The van der Waals surface area contributed by atoms with Crippen molar-refractivity contribution in [3.8, 4) is 5.75 Å². The molecule has 1 aromatic rings. The summed E-state index contributed by atoms with van der Waals surface area (Å²) >= 11 is 0. The zero-order valence-electron chi connectivity index (χ0n) is 9.40. The van der Waals surface area contributed by atoms with Crippen LogP contribution in [0, 0.1) is 0 Å². The molecular weight excluding hydrogens is 204 g/mol. The Bertz CT molecular complexity index is 404.